The second-order valence-electron chi connectivity index (χ2n) is 7.25. The summed E-state index contributed by atoms with van der Waals surface area (Å²) in [5.41, 5.74) is 7.71. The molecule has 0 bridgehead atoms. The number of hydrogen-bond acceptors (Lipinski definition) is 1. The van der Waals surface area contributed by atoms with Crippen molar-refractivity contribution >= 4 is 11.6 Å². The van der Waals surface area contributed by atoms with Gasteiger partial charge in [-0.1, -0.05) is 38.4 Å². The minimum Gasteiger partial charge on any atom is -0.327 e. The van der Waals surface area contributed by atoms with Crippen molar-refractivity contribution in [3.63, 3.8) is 0 Å². The van der Waals surface area contributed by atoms with E-state index in [2.05, 4.69) is 20.8 Å². The fraction of sp³-hybridized carbons (Fsp3) is 0.647. The van der Waals surface area contributed by atoms with Crippen molar-refractivity contribution in [1.82, 2.24) is 0 Å². The van der Waals surface area contributed by atoms with E-state index in [1.54, 1.807) is 6.07 Å². The van der Waals surface area contributed by atoms with E-state index < -0.39 is 0 Å². The van der Waals surface area contributed by atoms with Crippen molar-refractivity contribution in [2.45, 2.75) is 52.5 Å². The molecule has 112 valence electrons. The van der Waals surface area contributed by atoms with Crippen LogP contribution in [0.3, 0.4) is 0 Å². The van der Waals surface area contributed by atoms with Gasteiger partial charge in [-0.25, -0.2) is 4.39 Å². The van der Waals surface area contributed by atoms with E-state index in [0.29, 0.717) is 17.3 Å². The van der Waals surface area contributed by atoms with Crippen LogP contribution in [-0.4, -0.2) is 6.04 Å². The van der Waals surface area contributed by atoms with E-state index in [9.17, 15) is 4.39 Å². The van der Waals surface area contributed by atoms with Crippen LogP contribution >= 0.6 is 11.6 Å². The molecule has 1 aliphatic rings. The molecule has 1 saturated carbocycles. The largest absolute Gasteiger partial charge is 0.327 e. The normalized spacial score (nSPS) is 27.6. The predicted molar refractivity (Wildman–Crippen MR) is 83.4 cm³/mol. The van der Waals surface area contributed by atoms with Crippen LogP contribution in [0.1, 0.15) is 45.6 Å². The Hall–Kier alpha value is -0.600. The van der Waals surface area contributed by atoms with Gasteiger partial charge in [0.15, 0.2) is 0 Å². The van der Waals surface area contributed by atoms with Crippen molar-refractivity contribution in [2.75, 3.05) is 0 Å². The zero-order valence-corrected chi connectivity index (χ0v) is 13.4. The van der Waals surface area contributed by atoms with Crippen LogP contribution in [0.15, 0.2) is 18.2 Å². The lowest BCUT2D eigenvalue weighted by Crippen LogP contribution is -2.40. The van der Waals surface area contributed by atoms with E-state index >= 15 is 0 Å². The predicted octanol–water partition coefficient (Wildman–Crippen LogP) is 4.81. The van der Waals surface area contributed by atoms with Crippen molar-refractivity contribution in [1.29, 1.82) is 0 Å². The van der Waals surface area contributed by atoms with Crippen molar-refractivity contribution in [2.24, 2.45) is 23.0 Å². The summed E-state index contributed by atoms with van der Waals surface area (Å²) in [6.07, 6.45) is 4.35. The molecular weight excluding hydrogens is 273 g/mol. The lowest BCUT2D eigenvalue weighted by molar-refractivity contribution is 0.127. The monoisotopic (exact) mass is 297 g/mol. The molecule has 0 radical (unpaired) electrons. The lowest BCUT2D eigenvalue weighted by Gasteiger charge is -2.40. The van der Waals surface area contributed by atoms with Crippen molar-refractivity contribution < 1.29 is 4.39 Å². The van der Waals surface area contributed by atoms with Crippen molar-refractivity contribution in [3.8, 4) is 0 Å². The Morgan fingerprint density at radius 3 is 2.60 bits per heavy atom. The average molecular weight is 298 g/mol. The van der Waals surface area contributed by atoms with Gasteiger partial charge in [-0.3, -0.25) is 0 Å². The number of halogens is 2. The van der Waals surface area contributed by atoms with Crippen LogP contribution in [0.4, 0.5) is 4.39 Å². The summed E-state index contributed by atoms with van der Waals surface area (Å²) < 4.78 is 13.2. The Kier molecular flexibility index (Phi) is 4.76. The summed E-state index contributed by atoms with van der Waals surface area (Å²) in [5.74, 6) is 0.827. The van der Waals surface area contributed by atoms with Crippen LogP contribution in [0.5, 0.6) is 0 Å². The SMILES string of the molecule is CC(C)(C)C1CCC(N)C(Cc2ccc(F)c(Cl)c2)C1. The Bertz CT molecular complexity index is 467. The highest BCUT2D eigenvalue weighted by atomic mass is 35.5. The quantitative estimate of drug-likeness (QED) is 0.833. The van der Waals surface area contributed by atoms with Gasteiger partial charge in [-0.15, -0.1) is 0 Å². The topological polar surface area (TPSA) is 26.0 Å². The van der Waals surface area contributed by atoms with E-state index in [1.165, 1.54) is 12.5 Å². The summed E-state index contributed by atoms with van der Waals surface area (Å²) in [4.78, 5) is 0. The average Bonchev–Trinajstić information content (AvgIpc) is 2.35. The van der Waals surface area contributed by atoms with Gasteiger partial charge in [0.1, 0.15) is 5.82 Å². The standard InChI is InChI=1S/C17H25ClFN/c1-17(2,3)13-5-7-16(20)12(10-13)8-11-4-6-15(19)14(18)9-11/h4,6,9,12-13,16H,5,7-8,10,20H2,1-3H3. The maximum atomic E-state index is 13.2. The van der Waals surface area contributed by atoms with E-state index in [-0.39, 0.29) is 16.9 Å². The molecule has 0 heterocycles. The van der Waals surface area contributed by atoms with Gasteiger partial charge in [0, 0.05) is 6.04 Å². The number of nitrogens with two attached hydrogens (primary N) is 1. The summed E-state index contributed by atoms with van der Waals surface area (Å²) in [7, 11) is 0. The molecule has 3 atom stereocenters. The fourth-order valence-electron chi connectivity index (χ4n) is 3.28. The van der Waals surface area contributed by atoms with Gasteiger partial charge >= 0.3 is 0 Å². The van der Waals surface area contributed by atoms with Crippen LogP contribution in [0, 0.1) is 23.1 Å². The number of rotatable bonds is 2. The fourth-order valence-corrected chi connectivity index (χ4v) is 3.48. The summed E-state index contributed by atoms with van der Waals surface area (Å²) in [6, 6.07) is 5.27. The molecule has 2 rings (SSSR count). The first kappa shape index (κ1) is 15.8. The molecule has 1 nitrogen and oxygen atoms in total. The third-order valence-corrected chi connectivity index (χ3v) is 5.04. The number of benzene rings is 1. The second kappa shape index (κ2) is 6.03. The van der Waals surface area contributed by atoms with E-state index in [1.807, 2.05) is 6.07 Å². The Balaban J connectivity index is 2.08. The van der Waals surface area contributed by atoms with Crippen LogP contribution < -0.4 is 5.73 Å². The molecule has 0 aromatic heterocycles. The molecule has 1 aromatic rings. The van der Waals surface area contributed by atoms with Gasteiger partial charge in [0.2, 0.25) is 0 Å². The molecule has 0 saturated heterocycles. The Labute approximate surface area is 126 Å². The first-order valence-corrected chi connectivity index (χ1v) is 7.84. The van der Waals surface area contributed by atoms with Crippen LogP contribution in [0.25, 0.3) is 0 Å². The molecule has 3 heteroatoms. The smallest absolute Gasteiger partial charge is 0.141 e. The van der Waals surface area contributed by atoms with Crippen molar-refractivity contribution in [3.05, 3.63) is 34.6 Å². The van der Waals surface area contributed by atoms with Gasteiger partial charge in [0.25, 0.3) is 0 Å². The van der Waals surface area contributed by atoms with E-state index in [4.69, 9.17) is 17.3 Å². The molecule has 0 amide bonds. The molecule has 1 aliphatic carbocycles. The Morgan fingerprint density at radius 2 is 2.00 bits per heavy atom. The molecule has 3 unspecified atom stereocenters. The lowest BCUT2D eigenvalue weighted by atomic mass is 9.66. The maximum absolute atomic E-state index is 13.2. The highest BCUT2D eigenvalue weighted by Crippen LogP contribution is 2.40. The maximum Gasteiger partial charge on any atom is 0.141 e. The summed E-state index contributed by atoms with van der Waals surface area (Å²) in [6.45, 7) is 6.92. The summed E-state index contributed by atoms with van der Waals surface area (Å²) >= 11 is 5.86. The first-order chi connectivity index (χ1) is 9.27. The zero-order valence-electron chi connectivity index (χ0n) is 12.6. The zero-order chi connectivity index (χ0) is 14.9. The van der Waals surface area contributed by atoms with Gasteiger partial charge in [-0.05, 0) is 60.6 Å². The third-order valence-electron chi connectivity index (χ3n) is 4.75. The minimum absolute atomic E-state index is 0.208. The summed E-state index contributed by atoms with van der Waals surface area (Å²) in [5, 5.41) is 0.208. The third kappa shape index (κ3) is 3.73. The molecule has 1 fully saturated rings. The molecular formula is C17H25ClFN. The molecule has 0 aliphatic heterocycles. The van der Waals surface area contributed by atoms with Gasteiger partial charge in [0.05, 0.1) is 5.02 Å². The van der Waals surface area contributed by atoms with Crippen LogP contribution in [0.2, 0.25) is 5.02 Å². The molecule has 20 heavy (non-hydrogen) atoms. The number of hydrogen-bond donors (Lipinski definition) is 1. The van der Waals surface area contributed by atoms with Gasteiger partial charge < -0.3 is 5.73 Å². The Morgan fingerprint density at radius 1 is 1.30 bits per heavy atom. The highest BCUT2D eigenvalue weighted by Gasteiger charge is 2.34. The molecule has 0 spiro atoms. The first-order valence-electron chi connectivity index (χ1n) is 7.47. The van der Waals surface area contributed by atoms with E-state index in [0.717, 1.165) is 24.8 Å². The highest BCUT2D eigenvalue weighted by molar-refractivity contribution is 6.30. The van der Waals surface area contributed by atoms with Gasteiger partial charge in [-0.2, -0.15) is 0 Å². The molecule has 1 aromatic carbocycles. The second-order valence-corrected chi connectivity index (χ2v) is 7.66. The minimum atomic E-state index is -0.351. The molecule has 2 N–H and O–H groups in total. The van der Waals surface area contributed by atoms with Crippen LogP contribution in [-0.2, 0) is 6.42 Å².